The van der Waals surface area contributed by atoms with Gasteiger partial charge >= 0.3 is 0 Å². The van der Waals surface area contributed by atoms with Gasteiger partial charge in [0.05, 0.1) is 5.69 Å². The molecule has 27 heavy (non-hydrogen) atoms. The molecule has 0 aliphatic rings. The molecule has 1 aromatic heterocycles. The van der Waals surface area contributed by atoms with Gasteiger partial charge < -0.3 is 5.32 Å². The lowest BCUT2D eigenvalue weighted by atomic mass is 10.1. The molecule has 0 saturated heterocycles. The zero-order chi connectivity index (χ0) is 19.6. The number of rotatable bonds is 5. The number of aryl methyl sites for hydroxylation is 1. The summed E-state index contributed by atoms with van der Waals surface area (Å²) in [4.78, 5) is 24.6. The number of halogens is 3. The van der Waals surface area contributed by atoms with Crippen molar-refractivity contribution in [1.82, 2.24) is 9.78 Å². The van der Waals surface area contributed by atoms with Crippen molar-refractivity contribution in [2.45, 2.75) is 19.8 Å². The summed E-state index contributed by atoms with van der Waals surface area (Å²) in [7, 11) is 0. The van der Waals surface area contributed by atoms with E-state index in [-0.39, 0.29) is 24.1 Å². The summed E-state index contributed by atoms with van der Waals surface area (Å²) in [5.41, 5.74) is 1.11. The average Bonchev–Trinajstić information content (AvgIpc) is 2.87. The Morgan fingerprint density at radius 2 is 1.67 bits per heavy atom. The quantitative estimate of drug-likeness (QED) is 0.717. The van der Waals surface area contributed by atoms with Crippen LogP contribution in [0.1, 0.15) is 17.7 Å². The lowest BCUT2D eigenvalue weighted by molar-refractivity contribution is -0.116. The maximum absolute atomic E-state index is 13.2. The van der Waals surface area contributed by atoms with Crippen molar-refractivity contribution in [2.24, 2.45) is 0 Å². The SMILES string of the molecule is Cc1[nH]n(-c2ccc(F)cc2)c(=O)c1CCC(=O)Nc1cc(F)cc(F)c1. The Bertz CT molecular complexity index is 1020. The average molecular weight is 375 g/mol. The van der Waals surface area contributed by atoms with Crippen LogP contribution in [0.15, 0.2) is 47.3 Å². The van der Waals surface area contributed by atoms with Crippen molar-refractivity contribution < 1.29 is 18.0 Å². The number of carbonyl (C=O) groups excluding carboxylic acids is 1. The fraction of sp³-hybridized carbons (Fsp3) is 0.158. The summed E-state index contributed by atoms with van der Waals surface area (Å²) in [5.74, 6) is -2.49. The first-order valence-electron chi connectivity index (χ1n) is 8.16. The molecule has 3 aromatic rings. The molecule has 0 radical (unpaired) electrons. The van der Waals surface area contributed by atoms with Crippen molar-refractivity contribution in [3.8, 4) is 5.69 Å². The third-order valence-corrected chi connectivity index (χ3v) is 4.03. The van der Waals surface area contributed by atoms with E-state index in [9.17, 15) is 22.8 Å². The first-order valence-corrected chi connectivity index (χ1v) is 8.16. The predicted molar refractivity (Wildman–Crippen MR) is 94.4 cm³/mol. The van der Waals surface area contributed by atoms with Gasteiger partial charge in [0.25, 0.3) is 5.56 Å². The zero-order valence-electron chi connectivity index (χ0n) is 14.4. The number of nitrogens with zero attached hydrogens (tertiary/aromatic N) is 1. The van der Waals surface area contributed by atoms with Gasteiger partial charge in [0, 0.05) is 29.4 Å². The smallest absolute Gasteiger partial charge is 0.274 e. The maximum atomic E-state index is 13.2. The van der Waals surface area contributed by atoms with Crippen LogP contribution in [0.3, 0.4) is 0 Å². The van der Waals surface area contributed by atoms with E-state index < -0.39 is 23.4 Å². The number of hydrogen-bond donors (Lipinski definition) is 2. The number of carbonyl (C=O) groups is 1. The van der Waals surface area contributed by atoms with Crippen molar-refractivity contribution in [3.63, 3.8) is 0 Å². The second kappa shape index (κ2) is 7.53. The predicted octanol–water partition coefficient (Wildman–Crippen LogP) is 3.46. The molecule has 1 heterocycles. The van der Waals surface area contributed by atoms with Crippen molar-refractivity contribution >= 4 is 11.6 Å². The molecule has 0 bridgehead atoms. The second-order valence-electron chi connectivity index (χ2n) is 6.04. The molecule has 0 spiro atoms. The Balaban J connectivity index is 1.71. The van der Waals surface area contributed by atoms with Crippen LogP contribution in [0.25, 0.3) is 5.69 Å². The van der Waals surface area contributed by atoms with E-state index in [1.807, 2.05) is 0 Å². The number of benzene rings is 2. The van der Waals surface area contributed by atoms with Crippen LogP contribution in [0.2, 0.25) is 0 Å². The van der Waals surface area contributed by atoms with E-state index in [1.54, 1.807) is 6.92 Å². The van der Waals surface area contributed by atoms with Crippen LogP contribution < -0.4 is 10.9 Å². The topological polar surface area (TPSA) is 66.9 Å². The maximum Gasteiger partial charge on any atom is 0.274 e. The van der Waals surface area contributed by atoms with E-state index in [4.69, 9.17) is 0 Å². The molecule has 5 nitrogen and oxygen atoms in total. The number of aromatic amines is 1. The van der Waals surface area contributed by atoms with Gasteiger partial charge in [-0.2, -0.15) is 0 Å². The van der Waals surface area contributed by atoms with Crippen LogP contribution in [-0.2, 0) is 11.2 Å². The van der Waals surface area contributed by atoms with Crippen LogP contribution in [-0.4, -0.2) is 15.7 Å². The van der Waals surface area contributed by atoms with Gasteiger partial charge in [-0.3, -0.25) is 14.7 Å². The lowest BCUT2D eigenvalue weighted by Crippen LogP contribution is -2.19. The molecule has 0 aliphatic carbocycles. The number of nitrogens with one attached hydrogen (secondary N) is 2. The highest BCUT2D eigenvalue weighted by Crippen LogP contribution is 2.14. The Kier molecular flexibility index (Phi) is 5.16. The number of anilines is 1. The number of aromatic nitrogens is 2. The van der Waals surface area contributed by atoms with E-state index in [0.717, 1.165) is 12.1 Å². The Hall–Kier alpha value is -3.29. The van der Waals surface area contributed by atoms with Crippen LogP contribution in [0, 0.1) is 24.4 Å². The first-order chi connectivity index (χ1) is 12.8. The molecule has 3 rings (SSSR count). The third kappa shape index (κ3) is 4.28. The molecule has 140 valence electrons. The highest BCUT2D eigenvalue weighted by atomic mass is 19.1. The summed E-state index contributed by atoms with van der Waals surface area (Å²) < 4.78 is 40.6. The molecule has 0 unspecified atom stereocenters. The Morgan fingerprint density at radius 3 is 2.30 bits per heavy atom. The van der Waals surface area contributed by atoms with Gasteiger partial charge in [-0.1, -0.05) is 0 Å². The van der Waals surface area contributed by atoms with E-state index in [1.165, 1.54) is 28.9 Å². The largest absolute Gasteiger partial charge is 0.326 e. The third-order valence-electron chi connectivity index (χ3n) is 4.03. The van der Waals surface area contributed by atoms with Gasteiger partial charge in [-0.05, 0) is 49.7 Å². The highest BCUT2D eigenvalue weighted by molar-refractivity contribution is 5.90. The first kappa shape index (κ1) is 18.5. The fourth-order valence-electron chi connectivity index (χ4n) is 2.74. The molecule has 0 saturated carbocycles. The van der Waals surface area contributed by atoms with Gasteiger partial charge in [-0.25, -0.2) is 17.9 Å². The molecular weight excluding hydrogens is 359 g/mol. The molecule has 0 fully saturated rings. The molecule has 0 atom stereocenters. The normalized spacial score (nSPS) is 10.8. The number of hydrogen-bond acceptors (Lipinski definition) is 2. The van der Waals surface area contributed by atoms with Crippen LogP contribution in [0.4, 0.5) is 18.9 Å². The van der Waals surface area contributed by atoms with E-state index in [0.29, 0.717) is 23.0 Å². The van der Waals surface area contributed by atoms with Crippen molar-refractivity contribution in [1.29, 1.82) is 0 Å². The monoisotopic (exact) mass is 375 g/mol. The highest BCUT2D eigenvalue weighted by Gasteiger charge is 2.14. The minimum Gasteiger partial charge on any atom is -0.326 e. The minimum absolute atomic E-state index is 0.00649. The molecule has 1 amide bonds. The minimum atomic E-state index is -0.797. The molecule has 2 N–H and O–H groups in total. The second-order valence-corrected chi connectivity index (χ2v) is 6.04. The van der Waals surface area contributed by atoms with Gasteiger partial charge in [0.1, 0.15) is 17.5 Å². The zero-order valence-corrected chi connectivity index (χ0v) is 14.4. The van der Waals surface area contributed by atoms with Crippen LogP contribution >= 0.6 is 0 Å². The summed E-state index contributed by atoms with van der Waals surface area (Å²) in [6.07, 6.45) is 0.0917. The Morgan fingerprint density at radius 1 is 1.04 bits per heavy atom. The molecule has 0 aliphatic heterocycles. The number of H-pyrrole nitrogens is 1. The lowest BCUT2D eigenvalue weighted by Gasteiger charge is -2.05. The Labute approximate surface area is 152 Å². The van der Waals surface area contributed by atoms with Gasteiger partial charge in [-0.15, -0.1) is 0 Å². The standard InChI is InChI=1S/C19H16F3N3O2/c1-11-17(19(27)25(24-11)16-4-2-12(20)3-5-16)6-7-18(26)23-15-9-13(21)8-14(22)10-15/h2-5,8-10,24H,6-7H2,1H3,(H,23,26). The molecular formula is C19H16F3N3O2. The summed E-state index contributed by atoms with van der Waals surface area (Å²) in [6, 6.07) is 8.11. The fourth-order valence-corrected chi connectivity index (χ4v) is 2.74. The summed E-state index contributed by atoms with van der Waals surface area (Å²) >= 11 is 0. The van der Waals surface area contributed by atoms with Crippen molar-refractivity contribution in [2.75, 3.05) is 5.32 Å². The van der Waals surface area contributed by atoms with E-state index in [2.05, 4.69) is 10.4 Å². The van der Waals surface area contributed by atoms with Crippen molar-refractivity contribution in [3.05, 3.63) is 81.5 Å². The summed E-state index contributed by atoms with van der Waals surface area (Å²) in [6.45, 7) is 1.69. The molecule has 8 heteroatoms. The van der Waals surface area contributed by atoms with Gasteiger partial charge in [0.2, 0.25) is 5.91 Å². The van der Waals surface area contributed by atoms with E-state index >= 15 is 0 Å². The number of amides is 1. The summed E-state index contributed by atoms with van der Waals surface area (Å²) in [5, 5.41) is 5.29. The van der Waals surface area contributed by atoms with Gasteiger partial charge in [0.15, 0.2) is 0 Å². The van der Waals surface area contributed by atoms with Crippen LogP contribution in [0.5, 0.6) is 0 Å². The molecule has 2 aromatic carbocycles.